The van der Waals surface area contributed by atoms with E-state index in [9.17, 15) is 14.9 Å². The van der Waals surface area contributed by atoms with Crippen molar-refractivity contribution >= 4 is 17.6 Å². The molecule has 3 amide bonds. The lowest BCUT2D eigenvalue weighted by Gasteiger charge is -2.36. The molecule has 0 spiro atoms. The lowest BCUT2D eigenvalue weighted by molar-refractivity contribution is 0.0666. The van der Waals surface area contributed by atoms with Crippen LogP contribution in [0.4, 0.5) is 10.5 Å². The molecule has 1 aromatic carbocycles. The molecular formula is C17H21N5O2. The number of nitrogens with one attached hydrogen (secondary N) is 1. The van der Waals surface area contributed by atoms with Gasteiger partial charge in [-0.1, -0.05) is 0 Å². The van der Waals surface area contributed by atoms with Gasteiger partial charge >= 0.3 is 6.03 Å². The number of fused-ring (bicyclic) bond motifs is 1. The van der Waals surface area contributed by atoms with Crippen LogP contribution in [0.2, 0.25) is 0 Å². The molecule has 7 nitrogen and oxygen atoms in total. The molecule has 3 rings (SSSR count). The van der Waals surface area contributed by atoms with E-state index in [0.29, 0.717) is 24.2 Å². The number of amides is 3. The van der Waals surface area contributed by atoms with Crippen LogP contribution in [0.1, 0.15) is 22.3 Å². The summed E-state index contributed by atoms with van der Waals surface area (Å²) in [7, 11) is 5.54. The van der Waals surface area contributed by atoms with Crippen LogP contribution >= 0.6 is 0 Å². The number of anilines is 1. The van der Waals surface area contributed by atoms with E-state index in [2.05, 4.69) is 11.4 Å². The van der Waals surface area contributed by atoms with E-state index in [1.54, 1.807) is 35.0 Å². The number of rotatable bonds is 2. The highest BCUT2D eigenvalue weighted by Crippen LogP contribution is 2.24. The van der Waals surface area contributed by atoms with Crippen LogP contribution in [0.15, 0.2) is 18.2 Å². The summed E-state index contributed by atoms with van der Waals surface area (Å²) in [5.74, 6) is -0.0996. The Morgan fingerprint density at radius 2 is 2.12 bits per heavy atom. The monoisotopic (exact) mass is 327 g/mol. The molecule has 1 N–H and O–H groups in total. The maximum Gasteiger partial charge on any atom is 0.317 e. The first-order valence-electron chi connectivity index (χ1n) is 7.96. The molecule has 2 aliphatic heterocycles. The molecular weight excluding hydrogens is 306 g/mol. The first kappa shape index (κ1) is 16.1. The highest BCUT2D eigenvalue weighted by Gasteiger charge is 2.41. The van der Waals surface area contributed by atoms with Gasteiger partial charge in [0, 0.05) is 45.5 Å². The van der Waals surface area contributed by atoms with Crippen LogP contribution in [-0.4, -0.2) is 68.1 Å². The first-order valence-corrected chi connectivity index (χ1v) is 7.96. The Balaban J connectivity index is 1.82. The molecule has 0 radical (unpaired) electrons. The number of piperidine rings is 1. The van der Waals surface area contributed by atoms with Crippen molar-refractivity contribution in [2.45, 2.75) is 18.5 Å². The number of benzene rings is 1. The van der Waals surface area contributed by atoms with E-state index >= 15 is 0 Å². The lowest BCUT2D eigenvalue weighted by Crippen LogP contribution is -2.52. The van der Waals surface area contributed by atoms with E-state index in [0.717, 1.165) is 12.1 Å². The summed E-state index contributed by atoms with van der Waals surface area (Å²) in [6.45, 7) is 1.10. The SMILES string of the molecule is CN(C)c1cc(C#N)cc(C(=O)N2CC[C@H]3[C@@H](C2)NC(=O)N3C)c1. The minimum absolute atomic E-state index is 0.0346. The van der Waals surface area contributed by atoms with Crippen molar-refractivity contribution in [1.82, 2.24) is 15.1 Å². The van der Waals surface area contributed by atoms with Crippen molar-refractivity contribution in [1.29, 1.82) is 5.26 Å². The summed E-state index contributed by atoms with van der Waals surface area (Å²) in [5, 5.41) is 12.1. The van der Waals surface area contributed by atoms with E-state index in [1.807, 2.05) is 19.0 Å². The Morgan fingerprint density at radius 1 is 1.38 bits per heavy atom. The zero-order chi connectivity index (χ0) is 17.4. The maximum absolute atomic E-state index is 12.9. The summed E-state index contributed by atoms with van der Waals surface area (Å²) < 4.78 is 0. The Labute approximate surface area is 141 Å². The van der Waals surface area contributed by atoms with Gasteiger partial charge in [-0.05, 0) is 24.6 Å². The van der Waals surface area contributed by atoms with Crippen LogP contribution in [0.5, 0.6) is 0 Å². The number of nitrogens with zero attached hydrogens (tertiary/aromatic N) is 4. The third-order valence-electron chi connectivity index (χ3n) is 4.80. The van der Waals surface area contributed by atoms with Crippen molar-refractivity contribution < 1.29 is 9.59 Å². The fourth-order valence-corrected chi connectivity index (χ4v) is 3.38. The topological polar surface area (TPSA) is 79.7 Å². The molecule has 7 heteroatoms. The smallest absolute Gasteiger partial charge is 0.317 e. The Hall–Kier alpha value is -2.75. The van der Waals surface area contributed by atoms with Crippen molar-refractivity contribution in [3.8, 4) is 6.07 Å². The van der Waals surface area contributed by atoms with E-state index < -0.39 is 0 Å². The van der Waals surface area contributed by atoms with Crippen LogP contribution in [0, 0.1) is 11.3 Å². The van der Waals surface area contributed by atoms with Gasteiger partial charge < -0.3 is 20.0 Å². The third kappa shape index (κ3) is 2.75. The van der Waals surface area contributed by atoms with Gasteiger partial charge in [0.2, 0.25) is 0 Å². The fourth-order valence-electron chi connectivity index (χ4n) is 3.38. The molecule has 2 aliphatic rings. The molecule has 0 aliphatic carbocycles. The van der Waals surface area contributed by atoms with Gasteiger partial charge in [0.05, 0.1) is 23.7 Å². The predicted molar refractivity (Wildman–Crippen MR) is 89.9 cm³/mol. The molecule has 126 valence electrons. The molecule has 0 bridgehead atoms. The Bertz CT molecular complexity index is 724. The molecule has 0 saturated carbocycles. The van der Waals surface area contributed by atoms with Gasteiger partial charge in [0.25, 0.3) is 5.91 Å². The van der Waals surface area contributed by atoms with Gasteiger partial charge in [0.1, 0.15) is 0 Å². The van der Waals surface area contributed by atoms with E-state index in [-0.39, 0.29) is 24.0 Å². The number of hydrogen-bond donors (Lipinski definition) is 1. The summed E-state index contributed by atoms with van der Waals surface area (Å²) >= 11 is 0. The number of carbonyl (C=O) groups excluding carboxylic acids is 2. The Kier molecular flexibility index (Phi) is 4.06. The largest absolute Gasteiger partial charge is 0.378 e. The molecule has 2 atom stereocenters. The highest BCUT2D eigenvalue weighted by atomic mass is 16.2. The molecule has 1 aromatic rings. The zero-order valence-corrected chi connectivity index (χ0v) is 14.1. The normalized spacial score (nSPS) is 22.7. The van der Waals surface area contributed by atoms with Crippen LogP contribution in [0.25, 0.3) is 0 Å². The van der Waals surface area contributed by atoms with Crippen molar-refractivity contribution in [2.75, 3.05) is 39.1 Å². The second-order valence-electron chi connectivity index (χ2n) is 6.55. The van der Waals surface area contributed by atoms with Crippen LogP contribution < -0.4 is 10.2 Å². The lowest BCUT2D eigenvalue weighted by atomic mass is 9.99. The fraction of sp³-hybridized carbons (Fsp3) is 0.471. The van der Waals surface area contributed by atoms with Crippen LogP contribution in [-0.2, 0) is 0 Å². The Morgan fingerprint density at radius 3 is 2.79 bits per heavy atom. The maximum atomic E-state index is 12.9. The van der Waals surface area contributed by atoms with Crippen molar-refractivity contribution in [3.05, 3.63) is 29.3 Å². The van der Waals surface area contributed by atoms with Crippen molar-refractivity contribution in [2.24, 2.45) is 0 Å². The summed E-state index contributed by atoms with van der Waals surface area (Å²) in [4.78, 5) is 30.0. The van der Waals surface area contributed by atoms with Crippen LogP contribution in [0.3, 0.4) is 0 Å². The summed E-state index contributed by atoms with van der Waals surface area (Å²) in [5.41, 5.74) is 1.79. The van der Waals surface area contributed by atoms with Gasteiger partial charge in [-0.3, -0.25) is 4.79 Å². The number of carbonyl (C=O) groups is 2. The second kappa shape index (κ2) is 6.04. The van der Waals surface area contributed by atoms with Gasteiger partial charge in [0.15, 0.2) is 0 Å². The standard InChI is InChI=1S/C17H21N5O2/c1-20(2)13-7-11(9-18)6-12(8-13)16(23)22-5-4-15-14(10-22)19-17(24)21(15)3/h6-8,14-15H,4-5,10H2,1-3H3,(H,19,24)/t14-,15+/m1/s1. The first-order chi connectivity index (χ1) is 11.4. The van der Waals surface area contributed by atoms with Gasteiger partial charge in [-0.15, -0.1) is 0 Å². The average Bonchev–Trinajstić information content (AvgIpc) is 2.87. The number of hydrogen-bond acceptors (Lipinski definition) is 4. The molecule has 0 aromatic heterocycles. The third-order valence-corrected chi connectivity index (χ3v) is 4.80. The molecule has 0 unspecified atom stereocenters. The minimum Gasteiger partial charge on any atom is -0.378 e. The summed E-state index contributed by atoms with van der Waals surface area (Å²) in [6.07, 6.45) is 0.754. The number of urea groups is 1. The second-order valence-corrected chi connectivity index (χ2v) is 6.55. The highest BCUT2D eigenvalue weighted by molar-refractivity contribution is 5.96. The van der Waals surface area contributed by atoms with Gasteiger partial charge in [-0.2, -0.15) is 5.26 Å². The van der Waals surface area contributed by atoms with Gasteiger partial charge in [-0.25, -0.2) is 4.79 Å². The van der Waals surface area contributed by atoms with E-state index in [1.165, 1.54) is 0 Å². The zero-order valence-electron chi connectivity index (χ0n) is 14.1. The molecule has 2 saturated heterocycles. The number of likely N-dealkylation sites (N-methyl/N-ethyl adjacent to an activating group) is 1. The minimum atomic E-state index is -0.0996. The predicted octanol–water partition coefficient (Wildman–Crippen LogP) is 0.862. The average molecular weight is 327 g/mol. The van der Waals surface area contributed by atoms with Crippen molar-refractivity contribution in [3.63, 3.8) is 0 Å². The molecule has 2 fully saturated rings. The number of nitriles is 1. The molecule has 2 heterocycles. The number of likely N-dealkylation sites (tertiary alicyclic amines) is 1. The quantitative estimate of drug-likeness (QED) is 0.874. The van der Waals surface area contributed by atoms with E-state index in [4.69, 9.17) is 0 Å². The summed E-state index contributed by atoms with van der Waals surface area (Å²) in [6, 6.07) is 7.32. The molecule has 24 heavy (non-hydrogen) atoms.